The Hall–Kier alpha value is -1.70. The summed E-state index contributed by atoms with van der Waals surface area (Å²) in [6, 6.07) is 3.91. The van der Waals surface area contributed by atoms with Crippen molar-refractivity contribution in [1.29, 1.82) is 0 Å². The minimum absolute atomic E-state index is 0.123. The SMILES string of the molecule is CC(O)C1CCN(CC(=O)Nc2ccc([N+](=O)[O-])cc2Cl)C1. The lowest BCUT2D eigenvalue weighted by atomic mass is 10.0. The number of hydrogen-bond donors (Lipinski definition) is 2. The third-order valence-corrected chi connectivity index (χ3v) is 4.11. The number of benzene rings is 1. The van der Waals surface area contributed by atoms with E-state index in [-0.39, 0.29) is 35.2 Å². The van der Waals surface area contributed by atoms with Crippen LogP contribution in [0.3, 0.4) is 0 Å². The van der Waals surface area contributed by atoms with Crippen LogP contribution in [0.1, 0.15) is 13.3 Å². The van der Waals surface area contributed by atoms with Gasteiger partial charge in [0.05, 0.1) is 28.3 Å². The highest BCUT2D eigenvalue weighted by Gasteiger charge is 2.27. The molecule has 1 heterocycles. The van der Waals surface area contributed by atoms with E-state index in [0.717, 1.165) is 13.0 Å². The lowest BCUT2D eigenvalue weighted by molar-refractivity contribution is -0.384. The van der Waals surface area contributed by atoms with Gasteiger partial charge in [-0.3, -0.25) is 19.8 Å². The Kier molecular flexibility index (Phi) is 5.33. The van der Waals surface area contributed by atoms with E-state index in [4.69, 9.17) is 11.6 Å². The first-order chi connectivity index (χ1) is 10.4. The van der Waals surface area contributed by atoms with Gasteiger partial charge in [-0.2, -0.15) is 0 Å². The molecule has 1 aliphatic heterocycles. The number of nitro benzene ring substituents is 1. The fourth-order valence-electron chi connectivity index (χ4n) is 2.51. The van der Waals surface area contributed by atoms with E-state index in [9.17, 15) is 20.0 Å². The summed E-state index contributed by atoms with van der Waals surface area (Å²) >= 11 is 5.93. The number of nitrogens with one attached hydrogen (secondary N) is 1. The summed E-state index contributed by atoms with van der Waals surface area (Å²) in [5, 5.41) is 23.0. The Labute approximate surface area is 133 Å². The normalized spacial score (nSPS) is 19.9. The summed E-state index contributed by atoms with van der Waals surface area (Å²) in [4.78, 5) is 24.1. The zero-order valence-corrected chi connectivity index (χ0v) is 12.9. The molecule has 1 aliphatic rings. The number of hydrogen-bond acceptors (Lipinski definition) is 5. The van der Waals surface area contributed by atoms with Crippen molar-refractivity contribution in [1.82, 2.24) is 4.90 Å². The Morgan fingerprint density at radius 1 is 1.64 bits per heavy atom. The van der Waals surface area contributed by atoms with E-state index in [1.165, 1.54) is 18.2 Å². The van der Waals surface area contributed by atoms with Crippen LogP contribution in [0.15, 0.2) is 18.2 Å². The molecule has 2 N–H and O–H groups in total. The number of carbonyl (C=O) groups is 1. The average Bonchev–Trinajstić information content (AvgIpc) is 2.89. The molecule has 2 unspecified atom stereocenters. The molecule has 0 aliphatic carbocycles. The number of nitro groups is 1. The maximum atomic E-state index is 12.0. The van der Waals surface area contributed by atoms with E-state index in [1.54, 1.807) is 6.92 Å². The van der Waals surface area contributed by atoms with Gasteiger partial charge < -0.3 is 10.4 Å². The molecule has 1 amide bonds. The van der Waals surface area contributed by atoms with E-state index in [2.05, 4.69) is 5.32 Å². The first-order valence-corrected chi connectivity index (χ1v) is 7.39. The number of aliphatic hydroxyl groups is 1. The molecule has 8 heteroatoms. The average molecular weight is 328 g/mol. The van der Waals surface area contributed by atoms with Gasteiger partial charge in [0.2, 0.25) is 5.91 Å². The van der Waals surface area contributed by atoms with Crippen LogP contribution in [0.25, 0.3) is 0 Å². The van der Waals surface area contributed by atoms with Crippen molar-refractivity contribution < 1.29 is 14.8 Å². The van der Waals surface area contributed by atoms with Crippen LogP contribution < -0.4 is 5.32 Å². The molecule has 1 aromatic rings. The molecule has 22 heavy (non-hydrogen) atoms. The monoisotopic (exact) mass is 327 g/mol. The van der Waals surface area contributed by atoms with Gasteiger partial charge in [-0.25, -0.2) is 0 Å². The summed E-state index contributed by atoms with van der Waals surface area (Å²) in [7, 11) is 0. The third-order valence-electron chi connectivity index (χ3n) is 3.80. The first kappa shape index (κ1) is 16.7. The van der Waals surface area contributed by atoms with Crippen LogP contribution in [0.4, 0.5) is 11.4 Å². The summed E-state index contributed by atoms with van der Waals surface area (Å²) < 4.78 is 0. The topological polar surface area (TPSA) is 95.7 Å². The minimum atomic E-state index is -0.544. The van der Waals surface area contributed by atoms with Crippen LogP contribution >= 0.6 is 11.6 Å². The van der Waals surface area contributed by atoms with Crippen molar-refractivity contribution in [3.63, 3.8) is 0 Å². The predicted molar refractivity (Wildman–Crippen MR) is 83.0 cm³/mol. The molecular formula is C14H18ClN3O4. The fourth-order valence-corrected chi connectivity index (χ4v) is 2.73. The van der Waals surface area contributed by atoms with E-state index in [1.807, 2.05) is 4.90 Å². The maximum Gasteiger partial charge on any atom is 0.271 e. The smallest absolute Gasteiger partial charge is 0.271 e. The largest absolute Gasteiger partial charge is 0.393 e. The summed E-state index contributed by atoms with van der Waals surface area (Å²) in [6.45, 7) is 3.40. The van der Waals surface area contributed by atoms with Crippen molar-refractivity contribution in [3.05, 3.63) is 33.3 Å². The summed E-state index contributed by atoms with van der Waals surface area (Å²) in [5.41, 5.74) is 0.228. The third kappa shape index (κ3) is 4.16. The van der Waals surface area contributed by atoms with Gasteiger partial charge in [-0.15, -0.1) is 0 Å². The van der Waals surface area contributed by atoms with E-state index in [0.29, 0.717) is 12.2 Å². The van der Waals surface area contributed by atoms with Gasteiger partial charge in [-0.05, 0) is 31.9 Å². The van der Waals surface area contributed by atoms with Crippen LogP contribution in [-0.4, -0.2) is 46.6 Å². The van der Waals surface area contributed by atoms with Crippen molar-refractivity contribution in [2.24, 2.45) is 5.92 Å². The number of aliphatic hydroxyl groups excluding tert-OH is 1. The lowest BCUT2D eigenvalue weighted by Crippen LogP contribution is -2.32. The highest BCUT2D eigenvalue weighted by Crippen LogP contribution is 2.26. The van der Waals surface area contributed by atoms with Crippen LogP contribution in [0.5, 0.6) is 0 Å². The lowest BCUT2D eigenvalue weighted by Gasteiger charge is -2.17. The highest BCUT2D eigenvalue weighted by molar-refractivity contribution is 6.34. The predicted octanol–water partition coefficient (Wildman–Crippen LogP) is 1.89. The Morgan fingerprint density at radius 3 is 2.91 bits per heavy atom. The van der Waals surface area contributed by atoms with Crippen LogP contribution in [0, 0.1) is 16.0 Å². The second-order valence-corrected chi connectivity index (χ2v) is 5.90. The molecule has 120 valence electrons. The number of rotatable bonds is 5. The molecule has 2 rings (SSSR count). The molecule has 7 nitrogen and oxygen atoms in total. The molecule has 0 aromatic heterocycles. The van der Waals surface area contributed by atoms with Crippen LogP contribution in [0.2, 0.25) is 5.02 Å². The van der Waals surface area contributed by atoms with E-state index >= 15 is 0 Å². The number of anilines is 1. The second-order valence-electron chi connectivity index (χ2n) is 5.49. The zero-order valence-electron chi connectivity index (χ0n) is 12.2. The molecule has 0 spiro atoms. The summed E-state index contributed by atoms with van der Waals surface area (Å²) in [6.07, 6.45) is 0.487. The number of nitrogens with zero attached hydrogens (tertiary/aromatic N) is 2. The van der Waals surface area contributed by atoms with Gasteiger partial charge in [0.25, 0.3) is 5.69 Å². The number of likely N-dealkylation sites (tertiary alicyclic amines) is 1. The first-order valence-electron chi connectivity index (χ1n) is 7.01. The zero-order chi connectivity index (χ0) is 16.3. The Balaban J connectivity index is 1.91. The van der Waals surface area contributed by atoms with Crippen molar-refractivity contribution in [3.8, 4) is 0 Å². The second kappa shape index (κ2) is 7.04. The Morgan fingerprint density at radius 2 is 2.36 bits per heavy atom. The molecule has 1 aromatic carbocycles. The van der Waals surface area contributed by atoms with Gasteiger partial charge >= 0.3 is 0 Å². The van der Waals surface area contributed by atoms with Crippen molar-refractivity contribution in [2.75, 3.05) is 25.0 Å². The van der Waals surface area contributed by atoms with Gasteiger partial charge in [-0.1, -0.05) is 11.6 Å². The van der Waals surface area contributed by atoms with Gasteiger partial charge in [0.15, 0.2) is 0 Å². The van der Waals surface area contributed by atoms with Crippen LogP contribution in [-0.2, 0) is 4.79 Å². The number of non-ortho nitro benzene ring substituents is 1. The molecule has 0 radical (unpaired) electrons. The minimum Gasteiger partial charge on any atom is -0.393 e. The fraction of sp³-hybridized carbons (Fsp3) is 0.500. The molecule has 0 saturated carbocycles. The highest BCUT2D eigenvalue weighted by atomic mass is 35.5. The molecule has 1 saturated heterocycles. The summed E-state index contributed by atoms with van der Waals surface area (Å²) in [5.74, 6) is -0.0437. The maximum absolute atomic E-state index is 12.0. The molecule has 1 fully saturated rings. The van der Waals surface area contributed by atoms with E-state index < -0.39 is 4.92 Å². The molecule has 2 atom stereocenters. The number of halogens is 1. The molecule has 0 bridgehead atoms. The van der Waals surface area contributed by atoms with Crippen molar-refractivity contribution >= 4 is 28.9 Å². The van der Waals surface area contributed by atoms with Gasteiger partial charge in [0, 0.05) is 18.7 Å². The molecular weight excluding hydrogens is 310 g/mol. The van der Waals surface area contributed by atoms with Crippen molar-refractivity contribution in [2.45, 2.75) is 19.4 Å². The quantitative estimate of drug-likeness (QED) is 0.636. The number of amides is 1. The number of carbonyl (C=O) groups excluding carboxylic acids is 1. The Bertz CT molecular complexity index is 579. The standard InChI is InChI=1S/C14H18ClN3O4/c1-9(19)10-4-5-17(7-10)8-14(20)16-13-3-2-11(18(21)22)6-12(13)15/h2-3,6,9-10,19H,4-5,7-8H2,1H3,(H,16,20). The van der Waals surface area contributed by atoms with Gasteiger partial charge in [0.1, 0.15) is 0 Å².